The predicted molar refractivity (Wildman–Crippen MR) is 118 cm³/mol. The van der Waals surface area contributed by atoms with Gasteiger partial charge >= 0.3 is 5.97 Å². The third kappa shape index (κ3) is 7.16. The average molecular weight is 432 g/mol. The average Bonchev–Trinajstić information content (AvgIpc) is 2.78. The molecule has 0 aliphatic rings. The molecule has 6 nitrogen and oxygen atoms in total. The highest BCUT2D eigenvalue weighted by molar-refractivity contribution is 7.98. The molecule has 7 heteroatoms. The first-order chi connectivity index (χ1) is 14.6. The summed E-state index contributed by atoms with van der Waals surface area (Å²) in [7, 11) is 2.96. The largest absolute Gasteiger partial charge is 0.461 e. The summed E-state index contributed by atoms with van der Waals surface area (Å²) >= 11 is 1.66. The van der Waals surface area contributed by atoms with Crippen LogP contribution in [0.1, 0.15) is 29.8 Å². The fraction of sp³-hybridized carbons (Fsp3) is 0.391. The molecular formula is C23H29NO5S. The molecule has 3 atom stereocenters. The molecule has 0 bridgehead atoms. The van der Waals surface area contributed by atoms with Gasteiger partial charge in [-0.25, -0.2) is 4.79 Å². The lowest BCUT2D eigenvalue weighted by Crippen LogP contribution is -2.42. The Balaban J connectivity index is 2.00. The fourth-order valence-electron chi connectivity index (χ4n) is 3.01. The van der Waals surface area contributed by atoms with Crippen molar-refractivity contribution in [2.75, 3.05) is 32.8 Å². The minimum absolute atomic E-state index is 0.0586. The summed E-state index contributed by atoms with van der Waals surface area (Å²) in [6, 6.07) is 18.1. The molecule has 0 saturated carbocycles. The Hall–Kier alpha value is -2.35. The van der Waals surface area contributed by atoms with Crippen LogP contribution in [-0.4, -0.2) is 50.8 Å². The molecule has 0 aromatic heterocycles. The van der Waals surface area contributed by atoms with Crippen molar-refractivity contribution < 1.29 is 23.8 Å². The Kier molecular flexibility index (Phi) is 10.4. The predicted octanol–water partition coefficient (Wildman–Crippen LogP) is 3.54. The van der Waals surface area contributed by atoms with Crippen molar-refractivity contribution in [3.63, 3.8) is 0 Å². The van der Waals surface area contributed by atoms with Gasteiger partial charge in [0, 0.05) is 14.2 Å². The van der Waals surface area contributed by atoms with Gasteiger partial charge in [0.1, 0.15) is 6.61 Å². The second-order valence-corrected chi connectivity index (χ2v) is 7.66. The number of hydrogen-bond acceptors (Lipinski definition) is 6. The zero-order valence-electron chi connectivity index (χ0n) is 17.6. The maximum absolute atomic E-state index is 12.8. The molecule has 2 aromatic carbocycles. The molecule has 2 aromatic rings. The van der Waals surface area contributed by atoms with E-state index in [-0.39, 0.29) is 18.6 Å². The van der Waals surface area contributed by atoms with Gasteiger partial charge in [0.25, 0.3) is 5.91 Å². The number of ether oxygens (including phenoxy) is 3. The van der Waals surface area contributed by atoms with E-state index in [1.807, 2.05) is 66.9 Å². The number of methoxy groups -OCH3 is 2. The topological polar surface area (TPSA) is 73.9 Å². The summed E-state index contributed by atoms with van der Waals surface area (Å²) in [5, 5.41) is 2.96. The Morgan fingerprint density at radius 2 is 1.43 bits per heavy atom. The number of esters is 1. The summed E-state index contributed by atoms with van der Waals surface area (Å²) in [5.41, 5.74) is 1.49. The van der Waals surface area contributed by atoms with Gasteiger partial charge in [0.2, 0.25) is 0 Å². The molecule has 0 spiro atoms. The van der Waals surface area contributed by atoms with Crippen LogP contribution in [0.2, 0.25) is 0 Å². The first-order valence-corrected chi connectivity index (χ1v) is 11.1. The van der Waals surface area contributed by atoms with Gasteiger partial charge in [0.05, 0.1) is 6.04 Å². The lowest BCUT2D eigenvalue weighted by Gasteiger charge is -2.23. The van der Waals surface area contributed by atoms with Crippen molar-refractivity contribution in [3.05, 3.63) is 71.8 Å². The zero-order chi connectivity index (χ0) is 21.8. The van der Waals surface area contributed by atoms with E-state index in [9.17, 15) is 9.59 Å². The van der Waals surface area contributed by atoms with Crippen LogP contribution < -0.4 is 5.32 Å². The molecule has 1 N–H and O–H groups in total. The van der Waals surface area contributed by atoms with E-state index in [0.717, 1.165) is 16.9 Å². The van der Waals surface area contributed by atoms with Crippen LogP contribution in [0.5, 0.6) is 0 Å². The van der Waals surface area contributed by atoms with Crippen LogP contribution in [0.4, 0.5) is 0 Å². The monoisotopic (exact) mass is 431 g/mol. The van der Waals surface area contributed by atoms with Crippen LogP contribution in [0, 0.1) is 0 Å². The molecule has 2 rings (SSSR count). The van der Waals surface area contributed by atoms with Gasteiger partial charge in [0.15, 0.2) is 12.2 Å². The quantitative estimate of drug-likeness (QED) is 0.518. The maximum Gasteiger partial charge on any atom is 0.339 e. The standard InChI is InChI=1S/C23H29NO5S/c1-27-20(17-10-6-4-7-11-17)22(25)24-19(14-15-30-3)16-29-23(26)21(28-2)18-12-8-5-9-13-18/h4-13,19-21H,14-16H2,1-3H3,(H,24,25)/t19-,20+,21+/m0/s1. The van der Waals surface area contributed by atoms with Crippen molar-refractivity contribution >= 4 is 23.6 Å². The number of rotatable bonds is 12. The van der Waals surface area contributed by atoms with E-state index in [4.69, 9.17) is 14.2 Å². The van der Waals surface area contributed by atoms with Crippen LogP contribution in [0.3, 0.4) is 0 Å². The summed E-state index contributed by atoms with van der Waals surface area (Å²) in [4.78, 5) is 25.4. The highest BCUT2D eigenvalue weighted by Crippen LogP contribution is 2.19. The molecule has 0 heterocycles. The second kappa shape index (κ2) is 13.1. The normalized spacial score (nSPS) is 13.8. The minimum Gasteiger partial charge on any atom is -0.461 e. The third-order valence-electron chi connectivity index (χ3n) is 4.57. The van der Waals surface area contributed by atoms with Crippen LogP contribution in [-0.2, 0) is 23.8 Å². The van der Waals surface area contributed by atoms with Crippen LogP contribution in [0.25, 0.3) is 0 Å². The molecule has 162 valence electrons. The van der Waals surface area contributed by atoms with E-state index in [1.54, 1.807) is 11.8 Å². The second-order valence-electron chi connectivity index (χ2n) is 6.67. The fourth-order valence-corrected chi connectivity index (χ4v) is 3.53. The first kappa shape index (κ1) is 23.9. The van der Waals surface area contributed by atoms with E-state index >= 15 is 0 Å². The molecule has 0 radical (unpaired) electrons. The Morgan fingerprint density at radius 1 is 0.900 bits per heavy atom. The van der Waals surface area contributed by atoms with Gasteiger partial charge in [-0.3, -0.25) is 4.79 Å². The van der Waals surface area contributed by atoms with E-state index in [1.165, 1.54) is 14.2 Å². The van der Waals surface area contributed by atoms with Crippen molar-refractivity contribution in [1.29, 1.82) is 0 Å². The van der Waals surface area contributed by atoms with Gasteiger partial charge in [-0.1, -0.05) is 60.7 Å². The Bertz CT molecular complexity index is 772. The van der Waals surface area contributed by atoms with Gasteiger partial charge in [-0.05, 0) is 29.6 Å². The Morgan fingerprint density at radius 3 is 1.93 bits per heavy atom. The first-order valence-electron chi connectivity index (χ1n) is 9.72. The van der Waals surface area contributed by atoms with Crippen molar-refractivity contribution in [3.8, 4) is 0 Å². The smallest absolute Gasteiger partial charge is 0.339 e. The number of carbonyl (C=O) groups is 2. The van der Waals surface area contributed by atoms with Gasteiger partial charge < -0.3 is 19.5 Å². The highest BCUT2D eigenvalue weighted by Gasteiger charge is 2.26. The molecular weight excluding hydrogens is 402 g/mol. The molecule has 1 amide bonds. The number of nitrogens with one attached hydrogen (secondary N) is 1. The van der Waals surface area contributed by atoms with Crippen LogP contribution >= 0.6 is 11.8 Å². The van der Waals surface area contributed by atoms with E-state index in [0.29, 0.717) is 6.42 Å². The van der Waals surface area contributed by atoms with Gasteiger partial charge in [-0.15, -0.1) is 0 Å². The highest BCUT2D eigenvalue weighted by atomic mass is 32.2. The molecule has 0 aliphatic heterocycles. The summed E-state index contributed by atoms with van der Waals surface area (Å²) in [6.07, 6.45) is 1.12. The zero-order valence-corrected chi connectivity index (χ0v) is 18.4. The number of amides is 1. The minimum atomic E-state index is -0.806. The number of carbonyl (C=O) groups excluding carboxylic acids is 2. The maximum atomic E-state index is 12.8. The van der Waals surface area contributed by atoms with Crippen LogP contribution in [0.15, 0.2) is 60.7 Å². The number of hydrogen-bond donors (Lipinski definition) is 1. The lowest BCUT2D eigenvalue weighted by molar-refractivity contribution is -0.157. The SMILES string of the molecule is CO[C@@H](C(=O)N[C@@H](CCSC)COC(=O)[C@H](OC)c1ccccc1)c1ccccc1. The van der Waals surface area contributed by atoms with Crippen molar-refractivity contribution in [2.24, 2.45) is 0 Å². The van der Waals surface area contributed by atoms with E-state index in [2.05, 4.69) is 5.32 Å². The summed E-state index contributed by atoms with van der Waals surface area (Å²) < 4.78 is 16.2. The van der Waals surface area contributed by atoms with E-state index < -0.39 is 18.2 Å². The summed E-state index contributed by atoms with van der Waals surface area (Å²) in [5.74, 6) is 0.0633. The number of benzene rings is 2. The molecule has 0 saturated heterocycles. The molecule has 0 aliphatic carbocycles. The van der Waals surface area contributed by atoms with Gasteiger partial charge in [-0.2, -0.15) is 11.8 Å². The Labute approximate surface area is 182 Å². The lowest BCUT2D eigenvalue weighted by atomic mass is 10.1. The van der Waals surface area contributed by atoms with Crippen molar-refractivity contribution in [1.82, 2.24) is 5.32 Å². The third-order valence-corrected chi connectivity index (χ3v) is 5.22. The number of thioether (sulfide) groups is 1. The molecule has 30 heavy (non-hydrogen) atoms. The molecule has 0 fully saturated rings. The summed E-state index contributed by atoms with van der Waals surface area (Å²) in [6.45, 7) is 0.0586. The molecule has 0 unspecified atom stereocenters. The van der Waals surface area contributed by atoms with Crippen molar-refractivity contribution in [2.45, 2.75) is 24.7 Å².